The second-order valence-electron chi connectivity index (χ2n) is 6.54. The molecule has 33 heavy (non-hydrogen) atoms. The van der Waals surface area contributed by atoms with Crippen molar-refractivity contribution in [3.8, 4) is 11.5 Å². The van der Waals surface area contributed by atoms with Crippen LogP contribution in [0.4, 0.5) is 17.1 Å². The third-order valence-electron chi connectivity index (χ3n) is 4.49. The van der Waals surface area contributed by atoms with Crippen LogP contribution in [0.3, 0.4) is 0 Å². The molecule has 3 aromatic carbocycles. The fraction of sp³-hybridized carbons (Fsp3) is 0.111. The first-order valence-corrected chi connectivity index (χ1v) is 11.3. The molecule has 0 fully saturated rings. The molecule has 3 rings (SSSR count). The van der Waals surface area contributed by atoms with Crippen LogP contribution >= 0.6 is 0 Å². The number of ether oxygens (including phenoxy) is 1. The average Bonchev–Trinajstić information content (AvgIpc) is 2.65. The van der Waals surface area contributed by atoms with Crippen LogP contribution in [-0.4, -0.2) is 38.2 Å². The van der Waals surface area contributed by atoms with Gasteiger partial charge in [-0.2, -0.15) is 0 Å². The maximum absolute atomic E-state index is 11.6. The first-order chi connectivity index (χ1) is 14.3. The van der Waals surface area contributed by atoms with Crippen LogP contribution in [0.5, 0.6) is 11.5 Å². The zero-order valence-corrected chi connectivity index (χ0v) is 23.8. The maximum Gasteiger partial charge on any atom is 1.00 e. The zero-order chi connectivity index (χ0) is 23.1. The summed E-state index contributed by atoms with van der Waals surface area (Å²) in [5.41, 5.74) is 13.2. The third-order valence-corrected chi connectivity index (χ3v) is 6.20. The third kappa shape index (κ3) is 6.45. The standard InChI is InChI=1S/C18H19N3O8S2.2Na/c1-9-5-12(19)16(29-2)8-14(9)21-20-13-3-4-17(31(26,27)28)11-6-10(30(23,24)25)7-15(22)18(11)13;;/h3-8,20-22H,19H2,1-2H3,(H,23,24,25)(H,26,27,28);;/q;2*+1/p-2. The van der Waals surface area contributed by atoms with Crippen LogP contribution in [-0.2, 0) is 20.2 Å². The van der Waals surface area contributed by atoms with Crippen LogP contribution in [0.1, 0.15) is 5.56 Å². The second-order valence-corrected chi connectivity index (χ2v) is 9.27. The topological polar surface area (TPSA) is 194 Å². The number of hydrazine groups is 1. The summed E-state index contributed by atoms with van der Waals surface area (Å²) in [6.45, 7) is 1.76. The van der Waals surface area contributed by atoms with E-state index in [1.807, 2.05) is 0 Å². The van der Waals surface area contributed by atoms with E-state index < -0.39 is 41.2 Å². The van der Waals surface area contributed by atoms with Crippen molar-refractivity contribution in [1.29, 1.82) is 0 Å². The smallest absolute Gasteiger partial charge is 0.744 e. The fourth-order valence-electron chi connectivity index (χ4n) is 3.03. The maximum atomic E-state index is 11.6. The van der Waals surface area contributed by atoms with Gasteiger partial charge in [0.2, 0.25) is 0 Å². The Hall–Kier alpha value is -1.26. The van der Waals surface area contributed by atoms with Crippen molar-refractivity contribution >= 4 is 48.1 Å². The van der Waals surface area contributed by atoms with E-state index >= 15 is 0 Å². The van der Waals surface area contributed by atoms with Crippen molar-refractivity contribution in [2.75, 3.05) is 23.7 Å². The Bertz CT molecular complexity index is 1410. The van der Waals surface area contributed by atoms with Crippen LogP contribution in [0, 0.1) is 6.92 Å². The molecule has 0 bridgehead atoms. The summed E-state index contributed by atoms with van der Waals surface area (Å²) in [6, 6.07) is 6.79. The van der Waals surface area contributed by atoms with Gasteiger partial charge in [0.25, 0.3) is 0 Å². The molecule has 0 spiro atoms. The van der Waals surface area contributed by atoms with E-state index in [4.69, 9.17) is 10.5 Å². The van der Waals surface area contributed by atoms with Gasteiger partial charge in [-0.1, -0.05) is 0 Å². The van der Waals surface area contributed by atoms with Crippen LogP contribution in [0.2, 0.25) is 0 Å². The number of nitrogens with two attached hydrogens (primary N) is 1. The summed E-state index contributed by atoms with van der Waals surface area (Å²) in [5, 5.41) is 9.74. The SMILES string of the molecule is COc1cc(NNc2ccc(S(=O)(=O)[O-])c3cc(S(=O)(=O)[O-])cc(O)c23)c(C)cc1N.[Na+].[Na+]. The molecule has 0 aliphatic carbocycles. The largest absolute Gasteiger partial charge is 1.00 e. The molecule has 5 N–H and O–H groups in total. The molecule has 0 amide bonds. The Morgan fingerprint density at radius 2 is 1.55 bits per heavy atom. The first kappa shape index (κ1) is 29.8. The second kappa shape index (κ2) is 11.0. The van der Waals surface area contributed by atoms with Crippen LogP contribution in [0.15, 0.2) is 46.2 Å². The minimum Gasteiger partial charge on any atom is -0.744 e. The number of hydrogen-bond donors (Lipinski definition) is 4. The minimum atomic E-state index is -5.05. The van der Waals surface area contributed by atoms with Crippen molar-refractivity contribution in [1.82, 2.24) is 0 Å². The number of fused-ring (bicyclic) bond motifs is 1. The number of phenols is 1. The zero-order valence-electron chi connectivity index (χ0n) is 18.2. The van der Waals surface area contributed by atoms with Gasteiger partial charge in [0.15, 0.2) is 0 Å². The minimum absolute atomic E-state index is 0. The molecule has 0 unspecified atom stereocenters. The number of benzene rings is 3. The molecule has 0 aliphatic heterocycles. The Balaban J connectivity index is 0.00000272. The molecule has 0 saturated heterocycles. The number of aromatic hydroxyl groups is 1. The molecule has 0 saturated carbocycles. The molecule has 0 aromatic heterocycles. The Labute approximate surface area is 234 Å². The molecule has 0 radical (unpaired) electrons. The molecule has 0 heterocycles. The number of rotatable bonds is 6. The number of methoxy groups -OCH3 is 1. The predicted octanol–water partition coefficient (Wildman–Crippen LogP) is -4.30. The quantitative estimate of drug-likeness (QED) is 0.108. The van der Waals surface area contributed by atoms with Gasteiger partial charge < -0.3 is 35.5 Å². The Kier molecular flexibility index (Phi) is 9.91. The van der Waals surface area contributed by atoms with Gasteiger partial charge in [0.1, 0.15) is 31.7 Å². The number of nitrogen functional groups attached to an aromatic ring is 1. The van der Waals surface area contributed by atoms with Gasteiger partial charge in [-0.05, 0) is 42.8 Å². The summed E-state index contributed by atoms with van der Waals surface area (Å²) >= 11 is 0. The number of anilines is 3. The molecule has 15 heteroatoms. The van der Waals surface area contributed by atoms with E-state index in [1.54, 1.807) is 19.1 Å². The average molecular weight is 513 g/mol. The van der Waals surface area contributed by atoms with Crippen LogP contribution < -0.4 is 80.4 Å². The molecule has 166 valence electrons. The summed E-state index contributed by atoms with van der Waals surface area (Å²) < 4.78 is 74.2. The van der Waals surface area contributed by atoms with Gasteiger partial charge in [-0.3, -0.25) is 0 Å². The van der Waals surface area contributed by atoms with E-state index in [0.29, 0.717) is 23.2 Å². The van der Waals surface area contributed by atoms with Gasteiger partial charge in [-0.25, -0.2) is 16.8 Å². The van der Waals surface area contributed by atoms with Gasteiger partial charge >= 0.3 is 59.1 Å². The van der Waals surface area contributed by atoms with Crippen molar-refractivity contribution in [3.63, 3.8) is 0 Å². The fourth-order valence-corrected chi connectivity index (χ4v) is 4.22. The van der Waals surface area contributed by atoms with E-state index in [-0.39, 0.29) is 70.2 Å². The van der Waals surface area contributed by atoms with Crippen molar-refractivity contribution < 1.29 is 94.9 Å². The number of hydrogen-bond acceptors (Lipinski definition) is 11. The number of aryl methyl sites for hydroxylation is 1. The summed E-state index contributed by atoms with van der Waals surface area (Å²) in [4.78, 5) is -1.68. The summed E-state index contributed by atoms with van der Waals surface area (Å²) in [5.74, 6) is -0.325. The van der Waals surface area contributed by atoms with E-state index in [9.17, 15) is 31.0 Å². The molecular formula is C18H17N3Na2O8S2. The Morgan fingerprint density at radius 3 is 2.09 bits per heavy atom. The number of nitrogens with one attached hydrogen (secondary N) is 2. The number of phenolic OH excluding ortho intramolecular Hbond substituents is 1. The summed E-state index contributed by atoms with van der Waals surface area (Å²) in [6.07, 6.45) is 0. The van der Waals surface area contributed by atoms with E-state index in [2.05, 4.69) is 10.9 Å². The normalized spacial score (nSPS) is 11.3. The first-order valence-electron chi connectivity index (χ1n) is 8.50. The Morgan fingerprint density at radius 1 is 0.939 bits per heavy atom. The van der Waals surface area contributed by atoms with Crippen LogP contribution in [0.25, 0.3) is 10.8 Å². The molecule has 11 nitrogen and oxygen atoms in total. The molecule has 0 atom stereocenters. The van der Waals surface area contributed by atoms with E-state index in [0.717, 1.165) is 17.7 Å². The van der Waals surface area contributed by atoms with Gasteiger partial charge in [0, 0.05) is 16.8 Å². The molecule has 0 aliphatic rings. The monoisotopic (exact) mass is 513 g/mol. The van der Waals surface area contributed by atoms with Gasteiger partial charge in [0.05, 0.1) is 34.0 Å². The van der Waals surface area contributed by atoms with Gasteiger partial charge in [-0.15, -0.1) is 0 Å². The van der Waals surface area contributed by atoms with Crippen molar-refractivity contribution in [2.24, 2.45) is 0 Å². The molecule has 3 aromatic rings. The van der Waals surface area contributed by atoms with Crippen molar-refractivity contribution in [2.45, 2.75) is 16.7 Å². The predicted molar refractivity (Wildman–Crippen MR) is 111 cm³/mol. The van der Waals surface area contributed by atoms with Crippen molar-refractivity contribution in [3.05, 3.63) is 42.0 Å². The summed E-state index contributed by atoms with van der Waals surface area (Å²) in [7, 11) is -8.64. The van der Waals surface area contributed by atoms with E-state index in [1.165, 1.54) is 13.2 Å². The molecular weight excluding hydrogens is 496 g/mol.